The Balaban J connectivity index is 1.87. The first-order chi connectivity index (χ1) is 13.0. The summed E-state index contributed by atoms with van der Waals surface area (Å²) in [6, 6.07) is 15.7. The van der Waals surface area contributed by atoms with Crippen molar-refractivity contribution in [1.29, 1.82) is 0 Å². The van der Waals surface area contributed by atoms with Crippen molar-refractivity contribution in [3.05, 3.63) is 98.7 Å². The van der Waals surface area contributed by atoms with Crippen molar-refractivity contribution in [2.24, 2.45) is 0 Å². The van der Waals surface area contributed by atoms with E-state index in [-0.39, 0.29) is 11.6 Å². The van der Waals surface area contributed by atoms with Crippen molar-refractivity contribution in [2.45, 2.75) is 20.3 Å². The highest BCUT2D eigenvalue weighted by Gasteiger charge is 2.25. The largest absolute Gasteiger partial charge is 0.289 e. The van der Waals surface area contributed by atoms with Crippen LogP contribution in [0.2, 0.25) is 0 Å². The maximum absolute atomic E-state index is 13.3. The SMILES string of the molecule is Cc1csc(Cc2c3cccccc-3c(C(=O)c3ccc(F)cc3)c2C)n1. The number of aromatic nitrogens is 1. The third-order valence-corrected chi connectivity index (χ3v) is 5.76. The average Bonchev–Trinajstić information content (AvgIpc) is 3.06. The number of ketones is 1. The van der Waals surface area contributed by atoms with Crippen molar-refractivity contribution >= 4 is 17.1 Å². The molecule has 0 saturated carbocycles. The molecular weight excluding hydrogens is 357 g/mol. The number of rotatable bonds is 4. The van der Waals surface area contributed by atoms with E-state index in [1.54, 1.807) is 23.5 Å². The van der Waals surface area contributed by atoms with E-state index in [0.29, 0.717) is 17.5 Å². The van der Waals surface area contributed by atoms with Gasteiger partial charge in [0.15, 0.2) is 5.78 Å². The second-order valence-corrected chi connectivity index (χ2v) is 7.55. The van der Waals surface area contributed by atoms with Gasteiger partial charge in [0.2, 0.25) is 0 Å². The van der Waals surface area contributed by atoms with Crippen LogP contribution in [0.5, 0.6) is 0 Å². The van der Waals surface area contributed by atoms with Crippen LogP contribution in [0.3, 0.4) is 0 Å². The fourth-order valence-corrected chi connectivity index (χ4v) is 4.27. The minimum atomic E-state index is -0.345. The number of aryl methyl sites for hydroxylation is 1. The maximum atomic E-state index is 13.3. The molecule has 0 unspecified atom stereocenters. The highest BCUT2D eigenvalue weighted by atomic mass is 32.1. The second-order valence-electron chi connectivity index (χ2n) is 6.61. The number of nitrogens with zero attached hydrogens (tertiary/aromatic N) is 1. The second kappa shape index (κ2) is 7.05. The van der Waals surface area contributed by atoms with Gasteiger partial charge in [0.05, 0.1) is 5.01 Å². The molecule has 0 aliphatic heterocycles. The standard InChI is InChI=1S/C23H18FNOS/c1-14-13-27-21(25-14)12-20-15(2)22(19-7-5-3-4-6-18(19)20)23(26)16-8-10-17(24)11-9-16/h3-11,13H,12H2,1-2H3. The van der Waals surface area contributed by atoms with E-state index in [9.17, 15) is 9.18 Å². The van der Waals surface area contributed by atoms with Crippen LogP contribution in [0.1, 0.15) is 37.7 Å². The van der Waals surface area contributed by atoms with E-state index >= 15 is 0 Å². The summed E-state index contributed by atoms with van der Waals surface area (Å²) in [4.78, 5) is 17.8. The van der Waals surface area contributed by atoms with E-state index in [4.69, 9.17) is 0 Å². The molecule has 0 amide bonds. The minimum absolute atomic E-state index is 0.0785. The third-order valence-electron chi connectivity index (χ3n) is 4.79. The first-order valence-electron chi connectivity index (χ1n) is 8.76. The summed E-state index contributed by atoms with van der Waals surface area (Å²) in [5, 5.41) is 3.08. The molecule has 1 aromatic heterocycles. The monoisotopic (exact) mass is 375 g/mol. The average molecular weight is 375 g/mol. The first-order valence-corrected chi connectivity index (χ1v) is 9.64. The molecule has 0 N–H and O–H groups in total. The van der Waals surface area contributed by atoms with E-state index < -0.39 is 0 Å². The molecule has 27 heavy (non-hydrogen) atoms. The van der Waals surface area contributed by atoms with Crippen molar-refractivity contribution in [1.82, 2.24) is 4.98 Å². The third kappa shape index (κ3) is 3.28. The van der Waals surface area contributed by atoms with Gasteiger partial charge in [-0.25, -0.2) is 9.37 Å². The van der Waals surface area contributed by atoms with Crippen LogP contribution in [0, 0.1) is 19.7 Å². The molecular formula is C23H18FNOS. The van der Waals surface area contributed by atoms with Crippen molar-refractivity contribution in [3.63, 3.8) is 0 Å². The molecule has 1 aromatic carbocycles. The van der Waals surface area contributed by atoms with E-state index in [0.717, 1.165) is 33.0 Å². The lowest BCUT2D eigenvalue weighted by atomic mass is 9.99. The maximum Gasteiger partial charge on any atom is 0.193 e. The molecule has 4 rings (SSSR count). The highest BCUT2D eigenvalue weighted by molar-refractivity contribution is 7.09. The van der Waals surface area contributed by atoms with Gasteiger partial charge in [0.25, 0.3) is 0 Å². The predicted octanol–water partition coefficient (Wildman–Crippen LogP) is 5.83. The minimum Gasteiger partial charge on any atom is -0.289 e. The number of carbonyl (C=O) groups excluding carboxylic acids is 1. The van der Waals surface area contributed by atoms with E-state index in [1.165, 1.54) is 12.1 Å². The number of carbonyl (C=O) groups is 1. The number of fused-ring (bicyclic) bond motifs is 1. The number of benzene rings is 1. The summed E-state index contributed by atoms with van der Waals surface area (Å²) in [5.41, 5.74) is 6.28. The molecule has 2 aliphatic carbocycles. The summed E-state index contributed by atoms with van der Waals surface area (Å²) in [6.45, 7) is 3.98. The lowest BCUT2D eigenvalue weighted by Crippen LogP contribution is -2.03. The molecule has 2 aromatic rings. The van der Waals surface area contributed by atoms with Crippen LogP contribution in [0.25, 0.3) is 11.1 Å². The summed E-state index contributed by atoms with van der Waals surface area (Å²) < 4.78 is 13.3. The van der Waals surface area contributed by atoms with Gasteiger partial charge in [-0.1, -0.05) is 30.3 Å². The zero-order valence-corrected chi connectivity index (χ0v) is 15.9. The zero-order valence-electron chi connectivity index (χ0n) is 15.1. The van der Waals surface area contributed by atoms with Gasteiger partial charge in [0.1, 0.15) is 5.82 Å². The van der Waals surface area contributed by atoms with Gasteiger partial charge >= 0.3 is 0 Å². The fraction of sp³-hybridized carbons (Fsp3) is 0.130. The van der Waals surface area contributed by atoms with Gasteiger partial charge in [-0.2, -0.15) is 0 Å². The lowest BCUT2D eigenvalue weighted by molar-refractivity contribution is 0.103. The van der Waals surface area contributed by atoms with Gasteiger partial charge in [-0.15, -0.1) is 11.3 Å². The molecule has 0 fully saturated rings. The molecule has 1 heterocycles. The normalized spacial score (nSPS) is 11.1. The Bertz CT molecular complexity index is 1100. The van der Waals surface area contributed by atoms with Crippen LogP contribution in [-0.2, 0) is 6.42 Å². The molecule has 0 saturated heterocycles. The molecule has 0 atom stereocenters. The van der Waals surface area contributed by atoms with Gasteiger partial charge in [-0.3, -0.25) is 4.79 Å². The lowest BCUT2D eigenvalue weighted by Gasteiger charge is -2.04. The zero-order chi connectivity index (χ0) is 19.0. The van der Waals surface area contributed by atoms with Gasteiger partial charge in [0, 0.05) is 28.6 Å². The van der Waals surface area contributed by atoms with Crippen LogP contribution in [-0.4, -0.2) is 10.8 Å². The van der Waals surface area contributed by atoms with Crippen LogP contribution < -0.4 is 0 Å². The predicted molar refractivity (Wildman–Crippen MR) is 107 cm³/mol. The van der Waals surface area contributed by atoms with Crippen LogP contribution in [0.15, 0.2) is 60.0 Å². The van der Waals surface area contributed by atoms with Crippen molar-refractivity contribution in [3.8, 4) is 11.1 Å². The Labute approximate surface area is 161 Å². The molecule has 134 valence electrons. The molecule has 2 aliphatic rings. The summed E-state index contributed by atoms with van der Waals surface area (Å²) in [5.74, 6) is -0.424. The Kier molecular flexibility index (Phi) is 4.58. The van der Waals surface area contributed by atoms with Crippen LogP contribution in [0.4, 0.5) is 4.39 Å². The Morgan fingerprint density at radius 2 is 1.70 bits per heavy atom. The fourth-order valence-electron chi connectivity index (χ4n) is 3.48. The van der Waals surface area contributed by atoms with Crippen molar-refractivity contribution in [2.75, 3.05) is 0 Å². The summed E-state index contributed by atoms with van der Waals surface area (Å²) in [7, 11) is 0. The molecule has 0 spiro atoms. The van der Waals surface area contributed by atoms with E-state index in [2.05, 4.69) is 11.1 Å². The number of thiazole rings is 1. The Morgan fingerprint density at radius 1 is 1.00 bits per heavy atom. The quantitative estimate of drug-likeness (QED) is 0.420. The first kappa shape index (κ1) is 17.6. The number of hydrogen-bond acceptors (Lipinski definition) is 3. The Hall–Kier alpha value is -2.85. The Morgan fingerprint density at radius 3 is 2.37 bits per heavy atom. The molecule has 4 heteroatoms. The molecule has 2 nitrogen and oxygen atoms in total. The van der Waals surface area contributed by atoms with Gasteiger partial charge < -0.3 is 0 Å². The van der Waals surface area contributed by atoms with Gasteiger partial charge in [-0.05, 0) is 60.4 Å². The molecule has 0 radical (unpaired) electrons. The highest BCUT2D eigenvalue weighted by Crippen LogP contribution is 2.38. The summed E-state index contributed by atoms with van der Waals surface area (Å²) in [6.07, 6.45) is 0.696. The number of halogens is 1. The van der Waals surface area contributed by atoms with E-state index in [1.807, 2.05) is 43.5 Å². The summed E-state index contributed by atoms with van der Waals surface area (Å²) >= 11 is 1.64. The topological polar surface area (TPSA) is 30.0 Å². The number of hydrogen-bond donors (Lipinski definition) is 0. The van der Waals surface area contributed by atoms with Crippen molar-refractivity contribution < 1.29 is 9.18 Å². The molecule has 0 bridgehead atoms. The van der Waals surface area contributed by atoms with Crippen LogP contribution >= 0.6 is 11.3 Å². The smallest absolute Gasteiger partial charge is 0.193 e.